The summed E-state index contributed by atoms with van der Waals surface area (Å²) in [6, 6.07) is 10.3. The van der Waals surface area contributed by atoms with Crippen molar-refractivity contribution in [3.63, 3.8) is 0 Å². The Balaban J connectivity index is 2.04. The summed E-state index contributed by atoms with van der Waals surface area (Å²) in [5.41, 5.74) is 1.57. The Morgan fingerprint density at radius 1 is 1.39 bits per heavy atom. The molecule has 0 radical (unpaired) electrons. The van der Waals surface area contributed by atoms with Crippen LogP contribution in [-0.4, -0.2) is 17.9 Å². The van der Waals surface area contributed by atoms with Crippen LogP contribution in [0.3, 0.4) is 0 Å². The molecule has 3 nitrogen and oxygen atoms in total. The van der Waals surface area contributed by atoms with Crippen LogP contribution in [-0.2, 0) is 11.3 Å². The molecular formula is C15H18N2O. The molecule has 0 N–H and O–H groups in total. The zero-order chi connectivity index (χ0) is 13.2. The van der Waals surface area contributed by atoms with Crippen molar-refractivity contribution >= 4 is 5.91 Å². The van der Waals surface area contributed by atoms with E-state index in [0.29, 0.717) is 19.4 Å². The Labute approximate surface area is 108 Å². The zero-order valence-electron chi connectivity index (χ0n) is 10.9. The molecule has 0 saturated heterocycles. The van der Waals surface area contributed by atoms with Crippen molar-refractivity contribution < 1.29 is 4.79 Å². The predicted molar refractivity (Wildman–Crippen MR) is 69.6 cm³/mol. The van der Waals surface area contributed by atoms with E-state index in [0.717, 1.165) is 12.0 Å². The van der Waals surface area contributed by atoms with Crippen molar-refractivity contribution in [2.45, 2.75) is 32.7 Å². The molecule has 0 heterocycles. The number of hydrogen-bond donors (Lipinski definition) is 0. The first-order chi connectivity index (χ1) is 8.57. The van der Waals surface area contributed by atoms with Crippen LogP contribution >= 0.6 is 0 Å². The molecule has 2 rings (SSSR count). The quantitative estimate of drug-likeness (QED) is 0.817. The number of amides is 1. The molecule has 0 spiro atoms. The second-order valence-corrected chi connectivity index (χ2v) is 5.19. The largest absolute Gasteiger partial charge is 0.340 e. The fourth-order valence-electron chi connectivity index (χ4n) is 2.31. The van der Waals surface area contributed by atoms with Gasteiger partial charge >= 0.3 is 0 Å². The van der Waals surface area contributed by atoms with Gasteiger partial charge in [-0.3, -0.25) is 4.79 Å². The van der Waals surface area contributed by atoms with E-state index in [4.69, 9.17) is 5.26 Å². The summed E-state index contributed by atoms with van der Waals surface area (Å²) in [7, 11) is 1.78. The maximum atomic E-state index is 12.3. The summed E-state index contributed by atoms with van der Waals surface area (Å²) in [6.45, 7) is 2.61. The minimum atomic E-state index is -0.737. The zero-order valence-corrected chi connectivity index (χ0v) is 10.9. The van der Waals surface area contributed by atoms with Gasteiger partial charge in [0.15, 0.2) is 0 Å². The highest BCUT2D eigenvalue weighted by Gasteiger charge is 2.46. The Kier molecular flexibility index (Phi) is 3.38. The maximum Gasteiger partial charge on any atom is 0.243 e. The fourth-order valence-corrected chi connectivity index (χ4v) is 2.31. The van der Waals surface area contributed by atoms with Crippen molar-refractivity contribution in [1.82, 2.24) is 4.90 Å². The van der Waals surface area contributed by atoms with E-state index in [1.54, 1.807) is 11.9 Å². The summed E-state index contributed by atoms with van der Waals surface area (Å²) in [5.74, 6) is -0.0307. The lowest BCUT2D eigenvalue weighted by Gasteiger charge is -2.36. The molecule has 1 saturated carbocycles. The third kappa shape index (κ3) is 2.24. The molecule has 1 amide bonds. The number of hydrogen-bond acceptors (Lipinski definition) is 2. The van der Waals surface area contributed by atoms with E-state index in [-0.39, 0.29) is 5.91 Å². The van der Waals surface area contributed by atoms with Crippen molar-refractivity contribution in [3.05, 3.63) is 35.4 Å². The first-order valence-electron chi connectivity index (χ1n) is 6.30. The maximum absolute atomic E-state index is 12.3. The molecular weight excluding hydrogens is 224 g/mol. The Hall–Kier alpha value is -1.82. The number of carbonyl (C=O) groups excluding carboxylic acids is 1. The molecule has 0 unspecified atom stereocenters. The lowest BCUT2D eigenvalue weighted by atomic mass is 9.69. The molecule has 1 aromatic carbocycles. The van der Waals surface area contributed by atoms with Crippen LogP contribution in [0.15, 0.2) is 24.3 Å². The highest BCUT2D eigenvalue weighted by Crippen LogP contribution is 2.41. The first-order valence-corrected chi connectivity index (χ1v) is 6.30. The molecule has 0 bridgehead atoms. The SMILES string of the molecule is Cc1ccc(CN(C)C(=O)C2(C#N)CCC2)cc1. The third-order valence-corrected chi connectivity index (χ3v) is 3.72. The predicted octanol–water partition coefficient (Wildman–Crippen LogP) is 2.65. The number of aryl methyl sites for hydroxylation is 1. The summed E-state index contributed by atoms with van der Waals surface area (Å²) in [6.07, 6.45) is 2.40. The van der Waals surface area contributed by atoms with Gasteiger partial charge in [-0.25, -0.2) is 0 Å². The van der Waals surface area contributed by atoms with Gasteiger partial charge in [-0.05, 0) is 31.7 Å². The first kappa shape index (κ1) is 12.6. The van der Waals surface area contributed by atoms with E-state index in [9.17, 15) is 4.79 Å². The van der Waals surface area contributed by atoms with Crippen molar-refractivity contribution in [2.75, 3.05) is 7.05 Å². The molecule has 1 fully saturated rings. The molecule has 94 valence electrons. The van der Waals surface area contributed by atoms with Gasteiger partial charge in [-0.15, -0.1) is 0 Å². The highest BCUT2D eigenvalue weighted by molar-refractivity contribution is 5.86. The summed E-state index contributed by atoms with van der Waals surface area (Å²) in [4.78, 5) is 13.9. The van der Waals surface area contributed by atoms with Gasteiger partial charge in [0.1, 0.15) is 5.41 Å². The minimum Gasteiger partial charge on any atom is -0.340 e. The molecule has 1 aromatic rings. The van der Waals surface area contributed by atoms with Crippen LogP contribution in [0.5, 0.6) is 0 Å². The summed E-state index contributed by atoms with van der Waals surface area (Å²) in [5, 5.41) is 9.16. The molecule has 1 aliphatic rings. The standard InChI is InChI=1S/C15H18N2O/c1-12-4-6-13(7-5-12)10-17(2)14(18)15(11-16)8-3-9-15/h4-7H,3,8-10H2,1-2H3. The summed E-state index contributed by atoms with van der Waals surface area (Å²) < 4.78 is 0. The second-order valence-electron chi connectivity index (χ2n) is 5.19. The lowest BCUT2D eigenvalue weighted by molar-refractivity contribution is -0.142. The van der Waals surface area contributed by atoms with E-state index < -0.39 is 5.41 Å². The lowest BCUT2D eigenvalue weighted by Crippen LogP contribution is -2.45. The molecule has 18 heavy (non-hydrogen) atoms. The highest BCUT2D eigenvalue weighted by atomic mass is 16.2. The van der Waals surface area contributed by atoms with Crippen LogP contribution in [0.2, 0.25) is 0 Å². The molecule has 0 aromatic heterocycles. The topological polar surface area (TPSA) is 44.1 Å². The molecule has 0 atom stereocenters. The van der Waals surface area contributed by atoms with E-state index in [1.807, 2.05) is 31.2 Å². The number of rotatable bonds is 3. The van der Waals surface area contributed by atoms with Gasteiger partial charge in [0.05, 0.1) is 6.07 Å². The number of carbonyl (C=O) groups is 1. The van der Waals surface area contributed by atoms with E-state index in [1.165, 1.54) is 5.56 Å². The smallest absolute Gasteiger partial charge is 0.243 e. The van der Waals surface area contributed by atoms with Crippen molar-refractivity contribution in [2.24, 2.45) is 5.41 Å². The minimum absolute atomic E-state index is 0.0307. The van der Waals surface area contributed by atoms with Crippen LogP contribution in [0.25, 0.3) is 0 Å². The van der Waals surface area contributed by atoms with E-state index in [2.05, 4.69) is 6.07 Å². The monoisotopic (exact) mass is 242 g/mol. The van der Waals surface area contributed by atoms with Crippen LogP contribution < -0.4 is 0 Å². The Bertz CT molecular complexity index is 480. The van der Waals surface area contributed by atoms with E-state index >= 15 is 0 Å². The third-order valence-electron chi connectivity index (χ3n) is 3.72. The fraction of sp³-hybridized carbons (Fsp3) is 0.467. The van der Waals surface area contributed by atoms with Crippen LogP contribution in [0.1, 0.15) is 30.4 Å². The summed E-state index contributed by atoms with van der Waals surface area (Å²) >= 11 is 0. The number of nitriles is 1. The van der Waals surface area contributed by atoms with Gasteiger partial charge in [-0.1, -0.05) is 29.8 Å². The second kappa shape index (κ2) is 4.81. The van der Waals surface area contributed by atoms with Gasteiger partial charge in [-0.2, -0.15) is 5.26 Å². The van der Waals surface area contributed by atoms with Crippen molar-refractivity contribution in [3.8, 4) is 6.07 Å². The van der Waals surface area contributed by atoms with Gasteiger partial charge < -0.3 is 4.90 Å². The van der Waals surface area contributed by atoms with Gasteiger partial charge in [0.2, 0.25) is 5.91 Å². The number of benzene rings is 1. The van der Waals surface area contributed by atoms with Crippen LogP contribution in [0.4, 0.5) is 0 Å². The van der Waals surface area contributed by atoms with Gasteiger partial charge in [0.25, 0.3) is 0 Å². The molecule has 0 aliphatic heterocycles. The molecule has 3 heteroatoms. The van der Waals surface area contributed by atoms with Gasteiger partial charge in [0, 0.05) is 13.6 Å². The normalized spacial score (nSPS) is 16.5. The number of nitrogens with zero attached hydrogens (tertiary/aromatic N) is 2. The Morgan fingerprint density at radius 2 is 2.00 bits per heavy atom. The average Bonchev–Trinajstić information content (AvgIpc) is 2.31. The average molecular weight is 242 g/mol. The Morgan fingerprint density at radius 3 is 2.44 bits per heavy atom. The van der Waals surface area contributed by atoms with Crippen LogP contribution in [0, 0.1) is 23.7 Å². The van der Waals surface area contributed by atoms with Crippen molar-refractivity contribution in [1.29, 1.82) is 5.26 Å². The molecule has 1 aliphatic carbocycles.